The van der Waals surface area contributed by atoms with Crippen LogP contribution in [0.2, 0.25) is 5.02 Å². The number of hydrogen-bond donors (Lipinski definition) is 1. The summed E-state index contributed by atoms with van der Waals surface area (Å²) in [4.78, 5) is 10.5. The second-order valence-electron chi connectivity index (χ2n) is 2.55. The highest BCUT2D eigenvalue weighted by atomic mass is 35.5. The van der Waals surface area contributed by atoms with E-state index in [1.54, 1.807) is 0 Å². The molecule has 0 aliphatic rings. The van der Waals surface area contributed by atoms with Crippen LogP contribution in [0.4, 0.5) is 23.2 Å². The van der Waals surface area contributed by atoms with Crippen molar-refractivity contribution in [1.82, 2.24) is 0 Å². The molecule has 1 N–H and O–H groups in total. The Hall–Kier alpha value is -1.30. The third-order valence-electron chi connectivity index (χ3n) is 1.46. The van der Waals surface area contributed by atoms with Gasteiger partial charge in [-0.05, 0) is 12.1 Å². The van der Waals surface area contributed by atoms with Crippen LogP contribution < -0.4 is 5.32 Å². The average Bonchev–Trinajstić information content (AvgIpc) is 2.09. The van der Waals surface area contributed by atoms with E-state index in [1.165, 1.54) is 11.4 Å². The van der Waals surface area contributed by atoms with Gasteiger partial charge >= 0.3 is 12.1 Å². The molecule has 0 heterocycles. The maximum atomic E-state index is 12.9. The van der Waals surface area contributed by atoms with Crippen LogP contribution in [0.3, 0.4) is 0 Å². The van der Waals surface area contributed by atoms with Gasteiger partial charge in [-0.2, -0.15) is 13.2 Å². The molecule has 0 aromatic heterocycles. The van der Waals surface area contributed by atoms with Crippen LogP contribution in [0.15, 0.2) is 18.2 Å². The van der Waals surface area contributed by atoms with E-state index in [0.717, 1.165) is 12.1 Å². The van der Waals surface area contributed by atoms with Gasteiger partial charge in [0, 0.05) is 0 Å². The summed E-state index contributed by atoms with van der Waals surface area (Å²) in [5.41, 5.74) is -0.679. The number of carbonyl (C=O) groups is 1. The Balaban J connectivity index is 2.95. The van der Waals surface area contributed by atoms with Gasteiger partial charge in [0.05, 0.1) is 10.7 Å². The zero-order valence-electron chi connectivity index (χ0n) is 7.03. The summed E-state index contributed by atoms with van der Waals surface area (Å²) in [7, 11) is 0. The lowest BCUT2D eigenvalue weighted by Crippen LogP contribution is -2.30. The first-order chi connectivity index (χ1) is 6.82. The molecule has 0 aliphatic carbocycles. The largest absolute Gasteiger partial charge is 0.471 e. The Morgan fingerprint density at radius 3 is 2.40 bits per heavy atom. The minimum atomic E-state index is -5.08. The first-order valence-corrected chi connectivity index (χ1v) is 4.02. The summed E-state index contributed by atoms with van der Waals surface area (Å²) < 4.78 is 48.4. The Morgan fingerprint density at radius 2 is 1.93 bits per heavy atom. The highest BCUT2D eigenvalue weighted by molar-refractivity contribution is 6.33. The average molecular weight is 242 g/mol. The van der Waals surface area contributed by atoms with Crippen molar-refractivity contribution in [3.63, 3.8) is 0 Å². The molecule has 0 fully saturated rings. The predicted octanol–water partition coefficient (Wildman–Crippen LogP) is 2.98. The van der Waals surface area contributed by atoms with E-state index >= 15 is 0 Å². The van der Waals surface area contributed by atoms with E-state index < -0.39 is 23.6 Å². The third-order valence-corrected chi connectivity index (χ3v) is 1.77. The molecule has 0 bridgehead atoms. The van der Waals surface area contributed by atoms with Crippen LogP contribution >= 0.6 is 11.6 Å². The summed E-state index contributed by atoms with van der Waals surface area (Å²) in [6.07, 6.45) is -5.08. The van der Waals surface area contributed by atoms with Gasteiger partial charge in [0.25, 0.3) is 0 Å². The van der Waals surface area contributed by atoms with Crippen molar-refractivity contribution in [3.05, 3.63) is 29.0 Å². The Bertz CT molecular complexity index is 370. The van der Waals surface area contributed by atoms with Crippen LogP contribution in [0.5, 0.6) is 0 Å². The smallest absolute Gasteiger partial charge is 0.314 e. The molecule has 15 heavy (non-hydrogen) atoms. The number of benzene rings is 1. The van der Waals surface area contributed by atoms with E-state index in [1.807, 2.05) is 0 Å². The summed E-state index contributed by atoms with van der Waals surface area (Å²) >= 11 is 5.40. The predicted molar refractivity (Wildman–Crippen MR) is 46.1 cm³/mol. The van der Waals surface area contributed by atoms with E-state index in [9.17, 15) is 22.4 Å². The summed E-state index contributed by atoms with van der Waals surface area (Å²) in [5.74, 6) is -3.30. The zero-order valence-corrected chi connectivity index (χ0v) is 7.79. The molecule has 0 spiro atoms. The SMILES string of the molecule is O=C(Nc1c(F)cccc1Cl)C(F)(F)F. The van der Waals surface area contributed by atoms with Gasteiger partial charge < -0.3 is 5.32 Å². The summed E-state index contributed by atoms with van der Waals surface area (Å²) in [6, 6.07) is 3.26. The fourth-order valence-corrected chi connectivity index (χ4v) is 1.01. The zero-order chi connectivity index (χ0) is 11.6. The van der Waals surface area contributed by atoms with Crippen molar-refractivity contribution in [2.24, 2.45) is 0 Å². The molecule has 7 heteroatoms. The van der Waals surface area contributed by atoms with Crippen LogP contribution in [-0.2, 0) is 4.79 Å². The van der Waals surface area contributed by atoms with Crippen LogP contribution in [0.25, 0.3) is 0 Å². The van der Waals surface area contributed by atoms with Gasteiger partial charge in [0.2, 0.25) is 0 Å². The third kappa shape index (κ3) is 2.82. The molecular weight excluding hydrogens is 238 g/mol. The van der Waals surface area contributed by atoms with Crippen LogP contribution in [0, 0.1) is 5.82 Å². The molecule has 1 aromatic rings. The highest BCUT2D eigenvalue weighted by Crippen LogP contribution is 2.26. The van der Waals surface area contributed by atoms with Gasteiger partial charge in [-0.3, -0.25) is 4.79 Å². The second kappa shape index (κ2) is 4.06. The molecule has 0 atom stereocenters. The van der Waals surface area contributed by atoms with E-state index in [2.05, 4.69) is 0 Å². The molecule has 0 unspecified atom stereocenters. The Kier molecular flexibility index (Phi) is 3.18. The maximum Gasteiger partial charge on any atom is 0.471 e. The number of hydrogen-bond acceptors (Lipinski definition) is 1. The van der Waals surface area contributed by atoms with E-state index in [4.69, 9.17) is 11.6 Å². The summed E-state index contributed by atoms with van der Waals surface area (Å²) in [6.45, 7) is 0. The van der Waals surface area contributed by atoms with Gasteiger partial charge in [0.15, 0.2) is 0 Å². The Morgan fingerprint density at radius 1 is 1.33 bits per heavy atom. The standard InChI is InChI=1S/C8H4ClF4NO/c9-4-2-1-3-5(10)6(4)14-7(15)8(11,12)13/h1-3H,(H,14,15). The Labute approximate surface area is 86.8 Å². The molecule has 0 aliphatic heterocycles. The van der Waals surface area contributed by atoms with Gasteiger partial charge in [-0.15, -0.1) is 0 Å². The molecule has 0 radical (unpaired) electrons. The van der Waals surface area contributed by atoms with Crippen molar-refractivity contribution in [2.75, 3.05) is 5.32 Å². The fraction of sp³-hybridized carbons (Fsp3) is 0.125. The second-order valence-corrected chi connectivity index (χ2v) is 2.96. The fourth-order valence-electron chi connectivity index (χ4n) is 0.802. The first kappa shape index (κ1) is 11.8. The number of amides is 1. The molecule has 1 amide bonds. The normalized spacial score (nSPS) is 11.3. The minimum absolute atomic E-state index is 0.299. The number of nitrogens with one attached hydrogen (secondary N) is 1. The molecule has 82 valence electrons. The molecule has 2 nitrogen and oxygen atoms in total. The number of para-hydroxylation sites is 1. The molecule has 1 rings (SSSR count). The molecule has 1 aromatic carbocycles. The van der Waals surface area contributed by atoms with Crippen LogP contribution in [-0.4, -0.2) is 12.1 Å². The number of alkyl halides is 3. The van der Waals surface area contributed by atoms with Gasteiger partial charge in [-0.25, -0.2) is 4.39 Å². The molecule has 0 saturated heterocycles. The minimum Gasteiger partial charge on any atom is -0.314 e. The molecular formula is C8H4ClF4NO. The van der Waals surface area contributed by atoms with Crippen molar-refractivity contribution in [3.8, 4) is 0 Å². The van der Waals surface area contributed by atoms with Crippen molar-refractivity contribution < 1.29 is 22.4 Å². The van der Waals surface area contributed by atoms with Gasteiger partial charge in [0.1, 0.15) is 5.82 Å². The number of anilines is 1. The topological polar surface area (TPSA) is 29.1 Å². The van der Waals surface area contributed by atoms with E-state index in [-0.39, 0.29) is 5.02 Å². The number of rotatable bonds is 1. The van der Waals surface area contributed by atoms with E-state index in [0.29, 0.717) is 0 Å². The van der Waals surface area contributed by atoms with Gasteiger partial charge in [-0.1, -0.05) is 17.7 Å². The quantitative estimate of drug-likeness (QED) is 0.753. The monoisotopic (exact) mass is 241 g/mol. The first-order valence-electron chi connectivity index (χ1n) is 3.64. The number of halogens is 5. The lowest BCUT2D eigenvalue weighted by atomic mass is 10.3. The lowest BCUT2D eigenvalue weighted by Gasteiger charge is -2.09. The molecule has 0 saturated carbocycles. The van der Waals surface area contributed by atoms with Crippen molar-refractivity contribution in [2.45, 2.75) is 6.18 Å². The van der Waals surface area contributed by atoms with Crippen LogP contribution in [0.1, 0.15) is 0 Å². The van der Waals surface area contributed by atoms with Crippen molar-refractivity contribution >= 4 is 23.2 Å². The lowest BCUT2D eigenvalue weighted by molar-refractivity contribution is -0.167. The van der Waals surface area contributed by atoms with Crippen molar-refractivity contribution in [1.29, 1.82) is 0 Å². The summed E-state index contributed by atoms with van der Waals surface area (Å²) in [5, 5.41) is 1.05. The maximum absolute atomic E-state index is 12.9. The highest BCUT2D eigenvalue weighted by Gasteiger charge is 2.39. The number of carbonyl (C=O) groups excluding carboxylic acids is 1.